The van der Waals surface area contributed by atoms with Crippen LogP contribution in [0, 0.1) is 20.6 Å². The Morgan fingerprint density at radius 3 is 2.10 bits per heavy atom. The lowest BCUT2D eigenvalue weighted by molar-refractivity contribution is -0.131. The molecule has 3 aromatic rings. The molecular formula is C33H41F4IN6O6. The Bertz CT molecular complexity index is 1620. The SMILES string of the molecule is CC(C)(C)OC(=O)N[C@@H](Cc1ccc(I)cc1)[C@@H](O)CN(Cc1c(F)cc(-c2ccn(C(F)F)n2)cc1F)NC(=O)C(NC(=O)O)C(C)(C)C. The number of nitrogens with zero attached hydrogens (tertiary/aromatic N) is 3. The molecule has 1 heterocycles. The number of aromatic nitrogens is 2. The molecule has 5 N–H and O–H groups in total. The van der Waals surface area contributed by atoms with Gasteiger partial charge in [0.05, 0.1) is 17.8 Å². The summed E-state index contributed by atoms with van der Waals surface area (Å²) in [6, 6.07) is 7.80. The number of alkyl carbamates (subject to hydrolysis) is 1. The summed E-state index contributed by atoms with van der Waals surface area (Å²) in [4.78, 5) is 37.8. The van der Waals surface area contributed by atoms with Crippen molar-refractivity contribution in [1.82, 2.24) is 30.8 Å². The molecule has 0 fully saturated rings. The van der Waals surface area contributed by atoms with Crippen molar-refractivity contribution in [3.8, 4) is 11.3 Å². The summed E-state index contributed by atoms with van der Waals surface area (Å²) in [5, 5.41) is 30.3. The zero-order valence-electron chi connectivity index (χ0n) is 28.3. The van der Waals surface area contributed by atoms with Crippen molar-refractivity contribution in [3.05, 3.63) is 75.0 Å². The maximum Gasteiger partial charge on any atom is 0.407 e. The molecule has 274 valence electrons. The van der Waals surface area contributed by atoms with Gasteiger partial charge in [-0.2, -0.15) is 13.9 Å². The van der Waals surface area contributed by atoms with Crippen molar-refractivity contribution in [2.24, 2.45) is 5.41 Å². The van der Waals surface area contributed by atoms with Gasteiger partial charge < -0.3 is 25.6 Å². The largest absolute Gasteiger partial charge is 0.465 e. The van der Waals surface area contributed by atoms with E-state index >= 15 is 8.78 Å². The summed E-state index contributed by atoms with van der Waals surface area (Å²) >= 11 is 2.12. The van der Waals surface area contributed by atoms with E-state index in [1.54, 1.807) is 53.7 Å². The number of ether oxygens (including phenoxy) is 1. The van der Waals surface area contributed by atoms with E-state index in [1.807, 2.05) is 12.1 Å². The fourth-order valence-corrected chi connectivity index (χ4v) is 5.19. The molecule has 0 bridgehead atoms. The molecule has 1 aromatic heterocycles. The Kier molecular flexibility index (Phi) is 13.6. The molecule has 2 aromatic carbocycles. The minimum Gasteiger partial charge on any atom is -0.465 e. The number of hydrazine groups is 1. The predicted molar refractivity (Wildman–Crippen MR) is 184 cm³/mol. The first kappa shape index (κ1) is 40.5. The summed E-state index contributed by atoms with van der Waals surface area (Å²) in [6.07, 6.45) is -2.79. The maximum absolute atomic E-state index is 15.5. The summed E-state index contributed by atoms with van der Waals surface area (Å²) in [6.45, 7) is 5.61. The van der Waals surface area contributed by atoms with Crippen LogP contribution in [0.1, 0.15) is 59.2 Å². The highest BCUT2D eigenvalue weighted by Gasteiger charge is 2.35. The van der Waals surface area contributed by atoms with Gasteiger partial charge >= 0.3 is 18.7 Å². The van der Waals surface area contributed by atoms with E-state index < -0.39 is 84.1 Å². The third-order valence-electron chi connectivity index (χ3n) is 7.20. The highest BCUT2D eigenvalue weighted by atomic mass is 127. The Morgan fingerprint density at radius 2 is 1.60 bits per heavy atom. The van der Waals surface area contributed by atoms with E-state index in [2.05, 4.69) is 43.7 Å². The average molecular weight is 821 g/mol. The quantitative estimate of drug-likeness (QED) is 0.0818. The molecule has 17 heteroatoms. The van der Waals surface area contributed by atoms with E-state index in [4.69, 9.17) is 4.74 Å². The first-order chi connectivity index (χ1) is 23.1. The van der Waals surface area contributed by atoms with Gasteiger partial charge in [0.25, 0.3) is 5.91 Å². The molecule has 3 atom stereocenters. The first-order valence-electron chi connectivity index (χ1n) is 15.4. The van der Waals surface area contributed by atoms with E-state index in [1.165, 1.54) is 0 Å². The predicted octanol–water partition coefficient (Wildman–Crippen LogP) is 5.84. The first-order valence-corrected chi connectivity index (χ1v) is 16.5. The summed E-state index contributed by atoms with van der Waals surface area (Å²) < 4.78 is 63.8. The highest BCUT2D eigenvalue weighted by Crippen LogP contribution is 2.26. The molecule has 0 spiro atoms. The molecule has 12 nitrogen and oxygen atoms in total. The van der Waals surface area contributed by atoms with Crippen LogP contribution in [0.2, 0.25) is 0 Å². The molecule has 0 aliphatic carbocycles. The van der Waals surface area contributed by atoms with Crippen LogP contribution in [-0.4, -0.2) is 73.4 Å². The summed E-state index contributed by atoms with van der Waals surface area (Å²) in [7, 11) is 0. The van der Waals surface area contributed by atoms with Crippen LogP contribution >= 0.6 is 22.6 Å². The lowest BCUT2D eigenvalue weighted by atomic mass is 9.86. The number of carbonyl (C=O) groups excluding carboxylic acids is 2. The Balaban J connectivity index is 1.99. The lowest BCUT2D eigenvalue weighted by Gasteiger charge is -2.34. The van der Waals surface area contributed by atoms with Gasteiger partial charge in [0.15, 0.2) is 0 Å². The minimum absolute atomic E-state index is 0.0903. The zero-order chi connectivity index (χ0) is 37.6. The number of aliphatic hydroxyl groups excluding tert-OH is 1. The molecule has 50 heavy (non-hydrogen) atoms. The summed E-state index contributed by atoms with van der Waals surface area (Å²) in [5.41, 5.74) is 0.551. The van der Waals surface area contributed by atoms with E-state index in [-0.39, 0.29) is 17.7 Å². The number of amides is 3. The standard InChI is InChI=1S/C33H41F4IN6O6/c1-32(2,3)27(40-30(47)48)28(46)42-43(16-21-22(34)14-19(15-23(21)35)24-11-12-44(41-24)29(36)37)17-26(45)25(39-31(49)50-33(4,5)6)13-18-7-9-20(38)10-8-18/h7-12,14-15,25-27,29,40,45H,13,16-17H2,1-6H3,(H,39,49)(H,42,46)(H,47,48)/t25-,26-,27?/m0/s1. The minimum atomic E-state index is -2.96. The van der Waals surface area contributed by atoms with Gasteiger partial charge in [-0.1, -0.05) is 32.9 Å². The van der Waals surface area contributed by atoms with Gasteiger partial charge in [-0.05, 0) is 91.1 Å². The Hall–Kier alpha value is -3.97. The monoisotopic (exact) mass is 820 g/mol. The van der Waals surface area contributed by atoms with Crippen molar-refractivity contribution in [2.45, 2.75) is 84.8 Å². The highest BCUT2D eigenvalue weighted by molar-refractivity contribution is 14.1. The number of rotatable bonds is 13. The summed E-state index contributed by atoms with van der Waals surface area (Å²) in [5.74, 6) is -3.12. The Labute approximate surface area is 300 Å². The van der Waals surface area contributed by atoms with Crippen molar-refractivity contribution in [3.63, 3.8) is 0 Å². The van der Waals surface area contributed by atoms with Crippen LogP contribution in [0.15, 0.2) is 48.7 Å². The second-order valence-electron chi connectivity index (χ2n) is 13.6. The lowest BCUT2D eigenvalue weighted by Crippen LogP contribution is -2.59. The topological polar surface area (TPSA) is 158 Å². The number of hydrogen-bond donors (Lipinski definition) is 5. The Morgan fingerprint density at radius 1 is 1.00 bits per heavy atom. The number of nitrogens with one attached hydrogen (secondary N) is 3. The molecule has 3 amide bonds. The zero-order valence-corrected chi connectivity index (χ0v) is 30.5. The molecule has 0 radical (unpaired) electrons. The molecule has 0 aliphatic rings. The van der Waals surface area contributed by atoms with Crippen LogP contribution < -0.4 is 16.1 Å². The third-order valence-corrected chi connectivity index (χ3v) is 7.92. The number of aliphatic hydroxyl groups is 1. The van der Waals surface area contributed by atoms with Crippen molar-refractivity contribution >= 4 is 40.7 Å². The van der Waals surface area contributed by atoms with Crippen LogP contribution in [0.25, 0.3) is 11.3 Å². The maximum atomic E-state index is 15.5. The number of halogens is 5. The second kappa shape index (κ2) is 16.8. The number of alkyl halides is 2. The molecule has 0 saturated carbocycles. The van der Waals surface area contributed by atoms with Gasteiger partial charge in [0.1, 0.15) is 23.3 Å². The van der Waals surface area contributed by atoms with Gasteiger partial charge in [-0.25, -0.2) is 28.1 Å². The normalized spacial score (nSPS) is 13.9. The number of benzene rings is 2. The van der Waals surface area contributed by atoms with Gasteiger partial charge in [-0.15, -0.1) is 0 Å². The van der Waals surface area contributed by atoms with Crippen molar-refractivity contribution < 1.29 is 46.9 Å². The third kappa shape index (κ3) is 12.1. The van der Waals surface area contributed by atoms with E-state index in [9.17, 15) is 33.4 Å². The van der Waals surface area contributed by atoms with Crippen LogP contribution in [0.4, 0.5) is 27.2 Å². The van der Waals surface area contributed by atoms with Crippen molar-refractivity contribution in [1.29, 1.82) is 0 Å². The van der Waals surface area contributed by atoms with Crippen LogP contribution in [0.3, 0.4) is 0 Å². The molecular weight excluding hydrogens is 779 g/mol. The smallest absolute Gasteiger partial charge is 0.407 e. The van der Waals surface area contributed by atoms with Crippen molar-refractivity contribution in [2.75, 3.05) is 6.54 Å². The second-order valence-corrected chi connectivity index (χ2v) is 14.9. The van der Waals surface area contributed by atoms with E-state index in [0.29, 0.717) is 4.68 Å². The molecule has 3 rings (SSSR count). The average Bonchev–Trinajstić information content (AvgIpc) is 3.48. The van der Waals surface area contributed by atoms with Gasteiger partial charge in [0.2, 0.25) is 0 Å². The fraction of sp³-hybridized carbons (Fsp3) is 0.455. The van der Waals surface area contributed by atoms with Crippen LogP contribution in [0.5, 0.6) is 0 Å². The number of carboxylic acid groups (broad SMARTS) is 1. The van der Waals surface area contributed by atoms with E-state index in [0.717, 1.165) is 38.5 Å². The number of hydrogen-bond acceptors (Lipinski definition) is 7. The van der Waals surface area contributed by atoms with Gasteiger partial charge in [-0.3, -0.25) is 10.2 Å². The molecule has 1 unspecified atom stereocenters. The molecule has 0 aliphatic heterocycles. The van der Waals surface area contributed by atoms with Gasteiger partial charge in [0, 0.05) is 34.0 Å². The fourth-order valence-electron chi connectivity index (χ4n) is 4.83. The van der Waals surface area contributed by atoms with Crippen LogP contribution in [-0.2, 0) is 22.5 Å². The molecule has 0 saturated heterocycles. The number of carbonyl (C=O) groups is 3.